The molecule has 1 atom stereocenters. The predicted octanol–water partition coefficient (Wildman–Crippen LogP) is 1.90. The fourth-order valence-corrected chi connectivity index (χ4v) is 2.24. The van der Waals surface area contributed by atoms with Crippen molar-refractivity contribution < 1.29 is 4.79 Å². The average Bonchev–Trinajstić information content (AvgIpc) is 2.34. The van der Waals surface area contributed by atoms with Crippen LogP contribution in [0.25, 0.3) is 0 Å². The summed E-state index contributed by atoms with van der Waals surface area (Å²) in [7, 11) is 1.83. The Bertz CT molecular complexity index is 504. The normalized spacial score (nSPS) is 19.5. The zero-order valence-electron chi connectivity index (χ0n) is 10.7. The summed E-state index contributed by atoms with van der Waals surface area (Å²) >= 11 is 0. The van der Waals surface area contributed by atoms with E-state index >= 15 is 0 Å². The predicted molar refractivity (Wildman–Crippen MR) is 70.2 cm³/mol. The highest BCUT2D eigenvalue weighted by molar-refractivity contribution is 5.77. The van der Waals surface area contributed by atoms with Crippen molar-refractivity contribution in [3.8, 4) is 6.07 Å². The van der Waals surface area contributed by atoms with Gasteiger partial charge in [-0.2, -0.15) is 5.26 Å². The quantitative estimate of drug-likeness (QED) is 0.863. The lowest BCUT2D eigenvalue weighted by atomic mass is 10.0. The molecule has 0 aromatic heterocycles. The second kappa shape index (κ2) is 5.09. The number of hydrogen-bond acceptors (Lipinski definition) is 3. The van der Waals surface area contributed by atoms with Crippen LogP contribution in [-0.4, -0.2) is 30.4 Å². The molecule has 0 bridgehead atoms. The van der Waals surface area contributed by atoms with Gasteiger partial charge in [-0.3, -0.25) is 4.79 Å². The van der Waals surface area contributed by atoms with Crippen LogP contribution in [0.4, 0.5) is 5.69 Å². The number of aryl methyl sites for hydroxylation is 1. The molecule has 94 valence electrons. The van der Waals surface area contributed by atoms with Gasteiger partial charge in [-0.15, -0.1) is 0 Å². The van der Waals surface area contributed by atoms with Gasteiger partial charge >= 0.3 is 0 Å². The summed E-state index contributed by atoms with van der Waals surface area (Å²) in [6.45, 7) is 2.66. The van der Waals surface area contributed by atoms with E-state index < -0.39 is 0 Å². The Balaban J connectivity index is 2.04. The Kier molecular flexibility index (Phi) is 3.52. The maximum Gasteiger partial charge on any atom is 0.222 e. The van der Waals surface area contributed by atoms with E-state index in [2.05, 4.69) is 11.4 Å². The van der Waals surface area contributed by atoms with E-state index in [1.807, 2.05) is 32.2 Å². The minimum absolute atomic E-state index is 0.212. The molecule has 1 N–H and O–H groups in total. The number of anilines is 1. The Labute approximate surface area is 107 Å². The third kappa shape index (κ3) is 2.62. The lowest BCUT2D eigenvalue weighted by Crippen LogP contribution is -2.43. The first-order valence-electron chi connectivity index (χ1n) is 6.11. The highest BCUT2D eigenvalue weighted by Gasteiger charge is 2.22. The van der Waals surface area contributed by atoms with Crippen molar-refractivity contribution in [3.63, 3.8) is 0 Å². The molecule has 1 heterocycles. The molecule has 1 saturated heterocycles. The van der Waals surface area contributed by atoms with Gasteiger partial charge in [-0.25, -0.2) is 0 Å². The number of piperidine rings is 1. The highest BCUT2D eigenvalue weighted by Crippen LogP contribution is 2.18. The van der Waals surface area contributed by atoms with Crippen molar-refractivity contribution in [2.75, 3.05) is 18.9 Å². The molecule has 1 aromatic carbocycles. The molecule has 18 heavy (non-hydrogen) atoms. The molecule has 1 amide bonds. The van der Waals surface area contributed by atoms with Gasteiger partial charge in [-0.05, 0) is 37.1 Å². The molecule has 2 rings (SSSR count). The number of nitrogens with one attached hydrogen (secondary N) is 1. The summed E-state index contributed by atoms with van der Waals surface area (Å²) in [6, 6.07) is 8.18. The Hall–Kier alpha value is -2.02. The van der Waals surface area contributed by atoms with Crippen LogP contribution in [0.1, 0.15) is 24.0 Å². The van der Waals surface area contributed by atoms with Crippen LogP contribution in [0.15, 0.2) is 18.2 Å². The van der Waals surface area contributed by atoms with E-state index in [4.69, 9.17) is 5.26 Å². The number of benzene rings is 1. The molecule has 0 radical (unpaired) electrons. The van der Waals surface area contributed by atoms with Gasteiger partial charge in [0.2, 0.25) is 5.91 Å². The molecule has 4 nitrogen and oxygen atoms in total. The fraction of sp³-hybridized carbons (Fsp3) is 0.429. The Morgan fingerprint density at radius 3 is 2.89 bits per heavy atom. The van der Waals surface area contributed by atoms with E-state index in [0.29, 0.717) is 18.0 Å². The van der Waals surface area contributed by atoms with Crippen LogP contribution in [0, 0.1) is 18.3 Å². The molecule has 1 aliphatic heterocycles. The standard InChI is InChI=1S/C14H17N3O/c1-10-7-12(4-3-11(10)8-15)16-13-5-6-14(18)17(2)9-13/h3-4,7,13,16H,5-6,9H2,1-2H3. The Morgan fingerprint density at radius 2 is 2.28 bits per heavy atom. The van der Waals surface area contributed by atoms with Crippen molar-refractivity contribution in [1.29, 1.82) is 5.26 Å². The average molecular weight is 243 g/mol. The third-order valence-corrected chi connectivity index (χ3v) is 3.34. The van der Waals surface area contributed by atoms with Crippen LogP contribution >= 0.6 is 0 Å². The van der Waals surface area contributed by atoms with Gasteiger partial charge < -0.3 is 10.2 Å². The van der Waals surface area contributed by atoms with Gasteiger partial charge in [0, 0.05) is 31.7 Å². The summed E-state index contributed by atoms with van der Waals surface area (Å²) in [5, 5.41) is 12.3. The number of likely N-dealkylation sites (tertiary alicyclic amines) is 1. The van der Waals surface area contributed by atoms with E-state index in [0.717, 1.165) is 24.2 Å². The number of rotatable bonds is 2. The molecule has 4 heteroatoms. The number of carbonyl (C=O) groups is 1. The lowest BCUT2D eigenvalue weighted by Gasteiger charge is -2.30. The van der Waals surface area contributed by atoms with E-state index in [-0.39, 0.29) is 5.91 Å². The van der Waals surface area contributed by atoms with Crippen LogP contribution in [0.2, 0.25) is 0 Å². The number of hydrogen-bond donors (Lipinski definition) is 1. The van der Waals surface area contributed by atoms with Crippen LogP contribution in [0.5, 0.6) is 0 Å². The molecule has 1 unspecified atom stereocenters. The zero-order chi connectivity index (χ0) is 13.1. The highest BCUT2D eigenvalue weighted by atomic mass is 16.2. The molecular weight excluding hydrogens is 226 g/mol. The van der Waals surface area contributed by atoms with E-state index in [9.17, 15) is 4.79 Å². The summed E-state index contributed by atoms with van der Waals surface area (Å²) in [6.07, 6.45) is 1.46. The molecule has 1 fully saturated rings. The summed E-state index contributed by atoms with van der Waals surface area (Å²) in [5.41, 5.74) is 2.69. The van der Waals surface area contributed by atoms with Crippen LogP contribution in [0.3, 0.4) is 0 Å². The largest absolute Gasteiger partial charge is 0.381 e. The Morgan fingerprint density at radius 1 is 1.50 bits per heavy atom. The van der Waals surface area contributed by atoms with E-state index in [1.165, 1.54) is 0 Å². The number of likely N-dealkylation sites (N-methyl/N-ethyl adjacent to an activating group) is 1. The van der Waals surface area contributed by atoms with Crippen molar-refractivity contribution in [2.45, 2.75) is 25.8 Å². The molecule has 1 aliphatic rings. The summed E-state index contributed by atoms with van der Waals surface area (Å²) in [4.78, 5) is 13.2. The lowest BCUT2D eigenvalue weighted by molar-refractivity contribution is -0.132. The topological polar surface area (TPSA) is 56.1 Å². The maximum absolute atomic E-state index is 11.4. The molecule has 0 spiro atoms. The number of nitriles is 1. The van der Waals surface area contributed by atoms with Gasteiger partial charge in [0.25, 0.3) is 0 Å². The molecular formula is C14H17N3O. The monoisotopic (exact) mass is 243 g/mol. The minimum Gasteiger partial charge on any atom is -0.381 e. The molecule has 0 aliphatic carbocycles. The second-order valence-electron chi connectivity index (χ2n) is 4.80. The van der Waals surface area contributed by atoms with E-state index in [1.54, 1.807) is 4.90 Å². The first-order chi connectivity index (χ1) is 8.60. The van der Waals surface area contributed by atoms with Crippen molar-refractivity contribution in [2.24, 2.45) is 0 Å². The third-order valence-electron chi connectivity index (χ3n) is 3.34. The van der Waals surface area contributed by atoms with Gasteiger partial charge in [0.05, 0.1) is 11.6 Å². The van der Waals surface area contributed by atoms with Crippen molar-refractivity contribution in [1.82, 2.24) is 4.90 Å². The molecule has 0 saturated carbocycles. The van der Waals surface area contributed by atoms with Crippen LogP contribution < -0.4 is 5.32 Å². The number of amides is 1. The van der Waals surface area contributed by atoms with Crippen molar-refractivity contribution in [3.05, 3.63) is 29.3 Å². The fourth-order valence-electron chi connectivity index (χ4n) is 2.24. The van der Waals surface area contributed by atoms with Gasteiger partial charge in [0.15, 0.2) is 0 Å². The van der Waals surface area contributed by atoms with Gasteiger partial charge in [-0.1, -0.05) is 0 Å². The zero-order valence-corrected chi connectivity index (χ0v) is 10.7. The van der Waals surface area contributed by atoms with Crippen molar-refractivity contribution >= 4 is 11.6 Å². The minimum atomic E-state index is 0.212. The van der Waals surface area contributed by atoms with Crippen LogP contribution in [-0.2, 0) is 4.79 Å². The maximum atomic E-state index is 11.4. The summed E-state index contributed by atoms with van der Waals surface area (Å²) < 4.78 is 0. The first-order valence-corrected chi connectivity index (χ1v) is 6.11. The smallest absolute Gasteiger partial charge is 0.222 e. The number of nitrogens with zero attached hydrogens (tertiary/aromatic N) is 2. The SMILES string of the molecule is Cc1cc(NC2CCC(=O)N(C)C2)ccc1C#N. The van der Waals surface area contributed by atoms with Gasteiger partial charge in [0.1, 0.15) is 0 Å². The molecule has 1 aromatic rings. The first kappa shape index (κ1) is 12.4. The summed E-state index contributed by atoms with van der Waals surface area (Å²) in [5.74, 6) is 0.212. The second-order valence-corrected chi connectivity index (χ2v) is 4.80. The number of carbonyl (C=O) groups excluding carboxylic acids is 1.